The molecule has 0 aliphatic rings. The molecule has 0 spiro atoms. The first-order valence-electron chi connectivity index (χ1n) is 8.08. The molecule has 3 aromatic rings. The van der Waals surface area contributed by atoms with Crippen LogP contribution in [0.2, 0.25) is 0 Å². The molecule has 3 rings (SSSR count). The van der Waals surface area contributed by atoms with Crippen molar-refractivity contribution in [2.45, 2.75) is 14.7 Å². The van der Waals surface area contributed by atoms with Crippen LogP contribution >= 0.6 is 154 Å². The summed E-state index contributed by atoms with van der Waals surface area (Å²) in [6.45, 7) is 0. The summed E-state index contributed by atoms with van der Waals surface area (Å²) in [6.07, 6.45) is -1.41. The van der Waals surface area contributed by atoms with E-state index in [-0.39, 0.29) is 0 Å². The van der Waals surface area contributed by atoms with Crippen molar-refractivity contribution in [2.75, 3.05) is 0 Å². The molecule has 0 atom stereocenters. The van der Waals surface area contributed by atoms with E-state index in [0.29, 0.717) is 41.5 Å². The first-order valence-corrected chi connectivity index (χ1v) is 16.8. The summed E-state index contributed by atoms with van der Waals surface area (Å²) in [7, 11) is -2.91. The van der Waals surface area contributed by atoms with Gasteiger partial charge in [-0.05, 0) is 132 Å². The maximum Gasteiger partial charge on any atom is 0.517 e. The van der Waals surface area contributed by atoms with E-state index >= 15 is 0 Å². The molecule has 32 heavy (non-hydrogen) atoms. The molecule has 0 saturated carbocycles. The highest BCUT2D eigenvalue weighted by molar-refractivity contribution is 9.12. The molecule has 3 nitrogen and oxygen atoms in total. The van der Waals surface area contributed by atoms with E-state index in [2.05, 4.69) is 143 Å². The molecule has 0 bridgehead atoms. The molecule has 0 heterocycles. The predicted octanol–water partition coefficient (Wildman–Crippen LogP) is 12.4. The van der Waals surface area contributed by atoms with Gasteiger partial charge in [-0.3, -0.25) is 0 Å². The van der Waals surface area contributed by atoms with Crippen LogP contribution in [0.15, 0.2) is 91.3 Å². The molecular weight excluding hydrogens is 1030 g/mol. The third-order valence-electron chi connectivity index (χ3n) is 3.95. The van der Waals surface area contributed by atoms with Crippen LogP contribution in [-0.2, 0) is 4.18 Å². The van der Waals surface area contributed by atoms with Crippen LogP contribution in [0.5, 0.6) is 0 Å². The van der Waals surface area contributed by atoms with E-state index in [0.717, 1.165) is 13.4 Å². The quantitative estimate of drug-likeness (QED) is 0.283. The van der Waals surface area contributed by atoms with Crippen molar-refractivity contribution in [1.82, 2.24) is 0 Å². The third kappa shape index (κ3) is 5.61. The largest absolute Gasteiger partial charge is 0.517 e. The van der Waals surface area contributed by atoms with Gasteiger partial charge in [-0.25, -0.2) is 4.79 Å². The summed E-state index contributed by atoms with van der Waals surface area (Å²) >= 11 is 32.4. The summed E-state index contributed by atoms with van der Waals surface area (Å²) in [5.41, 5.74) is 0. The van der Waals surface area contributed by atoms with Gasteiger partial charge in [-0.15, -0.1) is 0 Å². The monoisotopic (exact) mass is 1030 g/mol. The molecule has 0 aliphatic carbocycles. The zero-order valence-electron chi connectivity index (χ0n) is 15.0. The Morgan fingerprint density at radius 3 is 0.969 bits per heavy atom. The van der Waals surface area contributed by atoms with Crippen LogP contribution in [-0.4, -0.2) is 11.3 Å². The fourth-order valence-electron chi connectivity index (χ4n) is 2.95. The van der Waals surface area contributed by atoms with E-state index in [4.69, 9.17) is 4.18 Å². The SMILES string of the molecule is O=C(O)OS(c1c(Br)cc(Br)cc1Br)(c1c(Br)cc(Br)cc1Br)c1c(Br)cc(Br)cc1Br. The Balaban J connectivity index is 2.67. The van der Waals surface area contributed by atoms with Crippen LogP contribution in [0.1, 0.15) is 0 Å². The van der Waals surface area contributed by atoms with Gasteiger partial charge in [-0.1, -0.05) is 47.8 Å². The fourth-order valence-corrected chi connectivity index (χ4v) is 16.9. The lowest BCUT2D eigenvalue weighted by Gasteiger charge is -2.42. The van der Waals surface area contributed by atoms with E-state index in [1.807, 2.05) is 36.4 Å². The molecule has 0 aliphatic heterocycles. The highest BCUT2D eigenvalue weighted by atomic mass is 79.9. The number of halogens is 9. The van der Waals surface area contributed by atoms with Gasteiger partial charge in [0.25, 0.3) is 0 Å². The van der Waals surface area contributed by atoms with Crippen LogP contribution in [0, 0.1) is 0 Å². The minimum atomic E-state index is -2.91. The van der Waals surface area contributed by atoms with Crippen LogP contribution < -0.4 is 0 Å². The van der Waals surface area contributed by atoms with Crippen molar-refractivity contribution in [2.24, 2.45) is 0 Å². The highest BCUT2D eigenvalue weighted by Crippen LogP contribution is 2.77. The lowest BCUT2D eigenvalue weighted by molar-refractivity contribution is 0.150. The fraction of sp³-hybridized carbons (Fsp3) is 0. The Kier molecular flexibility index (Phi) is 9.98. The molecule has 0 fully saturated rings. The lowest BCUT2D eigenvalue weighted by atomic mass is 10.3. The average Bonchev–Trinajstić information content (AvgIpc) is 2.57. The van der Waals surface area contributed by atoms with Crippen molar-refractivity contribution in [3.8, 4) is 0 Å². The maximum atomic E-state index is 12.3. The van der Waals surface area contributed by atoms with Gasteiger partial charge in [0.05, 0.1) is 14.7 Å². The molecule has 170 valence electrons. The van der Waals surface area contributed by atoms with Gasteiger partial charge in [0.2, 0.25) is 0 Å². The topological polar surface area (TPSA) is 46.5 Å². The molecular formula is C19H7Br9O3S. The highest BCUT2D eigenvalue weighted by Gasteiger charge is 2.44. The van der Waals surface area contributed by atoms with Gasteiger partial charge < -0.3 is 9.29 Å². The van der Waals surface area contributed by atoms with Crippen LogP contribution in [0.4, 0.5) is 4.79 Å². The number of carbonyl (C=O) groups is 1. The van der Waals surface area contributed by atoms with Crippen molar-refractivity contribution in [1.29, 1.82) is 0 Å². The van der Waals surface area contributed by atoms with Gasteiger partial charge in [0.15, 0.2) is 0 Å². The Hall–Kier alpha value is 1.60. The van der Waals surface area contributed by atoms with Gasteiger partial charge in [-0.2, -0.15) is 0 Å². The summed E-state index contributed by atoms with van der Waals surface area (Å²) in [5, 5.41) is 10.0. The summed E-state index contributed by atoms with van der Waals surface area (Å²) < 4.78 is 12.4. The van der Waals surface area contributed by atoms with Gasteiger partial charge in [0, 0.05) is 50.6 Å². The molecule has 0 saturated heterocycles. The summed E-state index contributed by atoms with van der Waals surface area (Å²) in [4.78, 5) is 14.2. The second-order valence-electron chi connectivity index (χ2n) is 6.00. The van der Waals surface area contributed by atoms with E-state index in [1.54, 1.807) is 0 Å². The first kappa shape index (κ1) is 28.2. The second kappa shape index (κ2) is 11.3. The Morgan fingerprint density at radius 1 is 0.562 bits per heavy atom. The molecule has 3 aromatic carbocycles. The van der Waals surface area contributed by atoms with Crippen molar-refractivity contribution < 1.29 is 14.1 Å². The zero-order chi connectivity index (χ0) is 24.0. The summed E-state index contributed by atoms with van der Waals surface area (Å²) in [5.74, 6) is 0. The van der Waals surface area contributed by atoms with Crippen molar-refractivity contribution in [3.63, 3.8) is 0 Å². The number of hydrogen-bond acceptors (Lipinski definition) is 2. The van der Waals surface area contributed by atoms with Gasteiger partial charge >= 0.3 is 6.16 Å². The molecule has 0 unspecified atom stereocenters. The first-order chi connectivity index (χ1) is 14.9. The van der Waals surface area contributed by atoms with E-state index < -0.39 is 16.5 Å². The standard InChI is InChI=1S/C19H7Br9O3S/c20-7-1-10(23)16(11(24)2-7)32(31-19(29)30,17-12(25)3-8(21)4-13(17)26)18-14(27)5-9(22)6-15(18)28/h1-6H,(H,29,30). The van der Waals surface area contributed by atoms with E-state index in [9.17, 15) is 9.90 Å². The molecule has 1 N–H and O–H groups in total. The normalized spacial score (nSPS) is 12.0. The molecule has 0 aromatic heterocycles. The minimum absolute atomic E-state index is 0.635. The predicted molar refractivity (Wildman–Crippen MR) is 160 cm³/mol. The van der Waals surface area contributed by atoms with Crippen molar-refractivity contribution in [3.05, 3.63) is 76.7 Å². The van der Waals surface area contributed by atoms with Crippen molar-refractivity contribution >= 4 is 160 Å². The minimum Gasteiger partial charge on any atom is -0.449 e. The Bertz CT molecular complexity index is 1040. The Labute approximate surface area is 261 Å². The smallest absolute Gasteiger partial charge is 0.449 e. The molecule has 13 heteroatoms. The third-order valence-corrected chi connectivity index (χ3v) is 14.1. The number of hydrogen-bond donors (Lipinski definition) is 1. The van der Waals surface area contributed by atoms with Gasteiger partial charge in [0.1, 0.15) is 0 Å². The zero-order valence-corrected chi connectivity index (χ0v) is 30.1. The number of rotatable bonds is 4. The van der Waals surface area contributed by atoms with Crippen LogP contribution in [0.3, 0.4) is 0 Å². The maximum absolute atomic E-state index is 12.3. The summed E-state index contributed by atoms with van der Waals surface area (Å²) in [6, 6.07) is 11.1. The van der Waals surface area contributed by atoms with Crippen LogP contribution in [0.25, 0.3) is 0 Å². The lowest BCUT2D eigenvalue weighted by Crippen LogP contribution is -2.15. The average molecular weight is 1030 g/mol. The molecule has 0 radical (unpaired) electrons. The second-order valence-corrected chi connectivity index (χ2v) is 16.4. The number of benzene rings is 3. The van der Waals surface area contributed by atoms with E-state index in [1.165, 1.54) is 0 Å². The number of carboxylic acid groups (broad SMARTS) is 1. The molecule has 0 amide bonds. The Morgan fingerprint density at radius 2 is 0.781 bits per heavy atom.